The van der Waals surface area contributed by atoms with Crippen molar-refractivity contribution in [3.8, 4) is 11.5 Å². The van der Waals surface area contributed by atoms with Crippen molar-refractivity contribution in [2.75, 3.05) is 26.1 Å². The zero-order chi connectivity index (χ0) is 15.0. The van der Waals surface area contributed by atoms with Crippen molar-refractivity contribution >= 4 is 23.3 Å². The Hall–Kier alpha value is -1.75. The number of fused-ring (bicyclic) bond motifs is 1. The van der Waals surface area contributed by atoms with Crippen LogP contribution in [0.4, 0.5) is 0 Å². The van der Waals surface area contributed by atoms with Crippen LogP contribution in [0.2, 0.25) is 0 Å². The van der Waals surface area contributed by atoms with Crippen LogP contribution in [0, 0.1) is 0 Å². The van der Waals surface area contributed by atoms with Crippen LogP contribution in [0.5, 0.6) is 11.5 Å². The van der Waals surface area contributed by atoms with Crippen molar-refractivity contribution in [3.63, 3.8) is 0 Å². The second-order valence-corrected chi connectivity index (χ2v) is 5.71. The molecule has 1 fully saturated rings. The molecule has 1 aromatic rings. The van der Waals surface area contributed by atoms with Crippen molar-refractivity contribution in [3.05, 3.63) is 23.8 Å². The number of methoxy groups -OCH3 is 1. The number of hydrogen-bond donors (Lipinski definition) is 0. The molecular weight excluding hydrogens is 294 g/mol. The molecule has 3 rings (SSSR count). The summed E-state index contributed by atoms with van der Waals surface area (Å²) in [5.41, 5.74) is -0.0671. The number of Topliss-reactive ketones (excluding diaryl/α,β-unsaturated/α-hetero) is 1. The number of likely N-dealkylation sites (tertiary alicyclic amines) is 1. The average Bonchev–Trinajstić information content (AvgIpc) is 2.89. The molecular formula is C15H16ClNO4. The molecule has 2 aliphatic rings. The van der Waals surface area contributed by atoms with Crippen LogP contribution in [-0.2, 0) is 4.79 Å². The summed E-state index contributed by atoms with van der Waals surface area (Å²) in [5.74, 6) is 1.05. The lowest BCUT2D eigenvalue weighted by Crippen LogP contribution is -2.45. The number of hydrogen-bond acceptors (Lipinski definition) is 4. The standard InChI is InChI=1S/C15H16ClNO4/c1-20-10-2-3-13-11(6-10)12(18)7-15(21-13)4-5-17(9-15)14(19)8-16/h2-3,6H,4-5,7-9H2,1H3. The second-order valence-electron chi connectivity index (χ2n) is 5.45. The van der Waals surface area contributed by atoms with Crippen LogP contribution in [0.3, 0.4) is 0 Å². The molecule has 0 radical (unpaired) electrons. The zero-order valence-corrected chi connectivity index (χ0v) is 12.5. The Morgan fingerprint density at radius 3 is 3.05 bits per heavy atom. The van der Waals surface area contributed by atoms with E-state index in [1.807, 2.05) is 0 Å². The van der Waals surface area contributed by atoms with Gasteiger partial charge in [-0.3, -0.25) is 9.59 Å². The van der Waals surface area contributed by atoms with Gasteiger partial charge in [-0.05, 0) is 18.2 Å². The molecule has 1 atom stereocenters. The number of benzene rings is 1. The highest BCUT2D eigenvalue weighted by atomic mass is 35.5. The molecule has 1 aromatic carbocycles. The first-order valence-electron chi connectivity index (χ1n) is 6.81. The fourth-order valence-corrected chi connectivity index (χ4v) is 3.14. The van der Waals surface area contributed by atoms with Gasteiger partial charge in [0.1, 0.15) is 23.0 Å². The lowest BCUT2D eigenvalue weighted by Gasteiger charge is -2.34. The summed E-state index contributed by atoms with van der Waals surface area (Å²) in [4.78, 5) is 25.7. The van der Waals surface area contributed by atoms with Crippen LogP contribution in [0.25, 0.3) is 0 Å². The van der Waals surface area contributed by atoms with E-state index in [-0.39, 0.29) is 24.0 Å². The zero-order valence-electron chi connectivity index (χ0n) is 11.7. The third-order valence-corrected chi connectivity index (χ3v) is 4.31. The number of ketones is 1. The number of rotatable bonds is 2. The van der Waals surface area contributed by atoms with Gasteiger partial charge in [0.05, 0.1) is 25.6 Å². The van der Waals surface area contributed by atoms with E-state index in [2.05, 4.69) is 0 Å². The Labute approximate surface area is 127 Å². The van der Waals surface area contributed by atoms with Gasteiger partial charge in [0.2, 0.25) is 5.91 Å². The summed E-state index contributed by atoms with van der Waals surface area (Å²) in [5, 5.41) is 0. The maximum atomic E-state index is 12.4. The van der Waals surface area contributed by atoms with E-state index >= 15 is 0 Å². The highest BCUT2D eigenvalue weighted by Crippen LogP contribution is 2.40. The highest BCUT2D eigenvalue weighted by molar-refractivity contribution is 6.27. The lowest BCUT2D eigenvalue weighted by atomic mass is 9.89. The largest absolute Gasteiger partial charge is 0.497 e. The van der Waals surface area contributed by atoms with Crippen LogP contribution in [0.1, 0.15) is 23.2 Å². The minimum atomic E-state index is -0.611. The molecule has 112 valence electrons. The number of alkyl halides is 1. The molecule has 0 aromatic heterocycles. The number of carbonyl (C=O) groups excluding carboxylic acids is 2. The van der Waals surface area contributed by atoms with Crippen LogP contribution < -0.4 is 9.47 Å². The van der Waals surface area contributed by atoms with Gasteiger partial charge in [-0.15, -0.1) is 11.6 Å². The predicted octanol–water partition coefficient (Wildman–Crippen LogP) is 1.87. The maximum absolute atomic E-state index is 12.4. The SMILES string of the molecule is COc1ccc2c(c1)C(=O)CC1(CCN(C(=O)CCl)C1)O2. The van der Waals surface area contributed by atoms with E-state index in [0.717, 1.165) is 0 Å². The number of halogens is 1. The third-order valence-electron chi connectivity index (χ3n) is 4.08. The van der Waals surface area contributed by atoms with Gasteiger partial charge < -0.3 is 14.4 Å². The molecule has 2 heterocycles. The quantitative estimate of drug-likeness (QED) is 0.783. The van der Waals surface area contributed by atoms with E-state index < -0.39 is 5.60 Å². The fourth-order valence-electron chi connectivity index (χ4n) is 2.97. The maximum Gasteiger partial charge on any atom is 0.237 e. The van der Waals surface area contributed by atoms with Gasteiger partial charge in [-0.2, -0.15) is 0 Å². The van der Waals surface area contributed by atoms with E-state index in [1.54, 1.807) is 30.2 Å². The summed E-state index contributed by atoms with van der Waals surface area (Å²) < 4.78 is 11.2. The van der Waals surface area contributed by atoms with Crippen molar-refractivity contribution in [1.82, 2.24) is 4.90 Å². The van der Waals surface area contributed by atoms with Crippen molar-refractivity contribution in [1.29, 1.82) is 0 Å². The molecule has 1 saturated heterocycles. The Kier molecular flexibility index (Phi) is 3.53. The molecule has 2 aliphatic heterocycles. The van der Waals surface area contributed by atoms with Crippen molar-refractivity contribution in [2.45, 2.75) is 18.4 Å². The van der Waals surface area contributed by atoms with E-state index in [4.69, 9.17) is 21.1 Å². The van der Waals surface area contributed by atoms with Gasteiger partial charge in [0.25, 0.3) is 0 Å². The normalized spacial score (nSPS) is 23.9. The Balaban J connectivity index is 1.86. The number of nitrogens with zero attached hydrogens (tertiary/aromatic N) is 1. The van der Waals surface area contributed by atoms with Crippen LogP contribution in [0.15, 0.2) is 18.2 Å². The molecule has 6 heteroatoms. The van der Waals surface area contributed by atoms with E-state index in [9.17, 15) is 9.59 Å². The smallest absolute Gasteiger partial charge is 0.237 e. The van der Waals surface area contributed by atoms with Gasteiger partial charge in [0.15, 0.2) is 5.78 Å². The molecule has 1 spiro atoms. The van der Waals surface area contributed by atoms with Gasteiger partial charge in [-0.1, -0.05) is 0 Å². The molecule has 1 unspecified atom stereocenters. The van der Waals surface area contributed by atoms with Crippen molar-refractivity contribution < 1.29 is 19.1 Å². The first-order valence-corrected chi connectivity index (χ1v) is 7.34. The molecule has 0 saturated carbocycles. The third kappa shape index (κ3) is 2.46. The fraction of sp³-hybridized carbons (Fsp3) is 0.467. The minimum absolute atomic E-state index is 0.0234. The van der Waals surface area contributed by atoms with Crippen LogP contribution in [-0.4, -0.2) is 48.3 Å². The molecule has 1 amide bonds. The summed E-state index contributed by atoms with van der Waals surface area (Å²) in [6.07, 6.45) is 0.923. The number of amides is 1. The lowest BCUT2D eigenvalue weighted by molar-refractivity contribution is -0.128. The van der Waals surface area contributed by atoms with Crippen molar-refractivity contribution in [2.24, 2.45) is 0 Å². The van der Waals surface area contributed by atoms with E-state index in [1.165, 1.54) is 0 Å². The van der Waals surface area contributed by atoms with E-state index in [0.29, 0.717) is 36.6 Å². The van der Waals surface area contributed by atoms with Gasteiger partial charge in [0, 0.05) is 13.0 Å². The Morgan fingerprint density at radius 1 is 1.52 bits per heavy atom. The Morgan fingerprint density at radius 2 is 2.33 bits per heavy atom. The molecule has 0 bridgehead atoms. The van der Waals surface area contributed by atoms with Crippen LogP contribution >= 0.6 is 11.6 Å². The first-order chi connectivity index (χ1) is 10.1. The summed E-state index contributed by atoms with van der Waals surface area (Å²) in [6.45, 7) is 0.986. The van der Waals surface area contributed by atoms with Gasteiger partial charge >= 0.3 is 0 Å². The minimum Gasteiger partial charge on any atom is -0.497 e. The first kappa shape index (κ1) is 14.2. The molecule has 0 N–H and O–H groups in total. The summed E-state index contributed by atoms with van der Waals surface area (Å²) >= 11 is 5.59. The molecule has 0 aliphatic carbocycles. The highest BCUT2D eigenvalue weighted by Gasteiger charge is 2.46. The summed E-state index contributed by atoms with van der Waals surface area (Å²) in [7, 11) is 1.56. The molecule has 21 heavy (non-hydrogen) atoms. The monoisotopic (exact) mass is 309 g/mol. The number of ether oxygens (including phenoxy) is 2. The predicted molar refractivity (Wildman–Crippen MR) is 77.2 cm³/mol. The second kappa shape index (κ2) is 5.22. The molecule has 5 nitrogen and oxygen atoms in total. The average molecular weight is 310 g/mol. The summed E-state index contributed by atoms with van der Waals surface area (Å²) in [6, 6.07) is 5.21. The number of carbonyl (C=O) groups is 2. The van der Waals surface area contributed by atoms with Gasteiger partial charge in [-0.25, -0.2) is 0 Å². The topological polar surface area (TPSA) is 55.8 Å². The Bertz CT molecular complexity index is 603.